The molecule has 1 aromatic carbocycles. The SMILES string of the molecule is Fc1ccc(-c2csc(N3CCC(Nc4cccnn4)CC3)n2)cc1. The highest BCUT2D eigenvalue weighted by molar-refractivity contribution is 7.14. The van der Waals surface area contributed by atoms with E-state index < -0.39 is 0 Å². The zero-order chi connectivity index (χ0) is 17.1. The Bertz CT molecular complexity index is 813. The third-order valence-corrected chi connectivity index (χ3v) is 5.22. The number of hydrogen-bond acceptors (Lipinski definition) is 6. The fraction of sp³-hybridized carbons (Fsp3) is 0.278. The molecule has 1 saturated heterocycles. The number of nitrogens with one attached hydrogen (secondary N) is 1. The fourth-order valence-corrected chi connectivity index (χ4v) is 3.85. The number of aromatic nitrogens is 3. The van der Waals surface area contributed by atoms with Gasteiger partial charge < -0.3 is 10.2 Å². The van der Waals surface area contributed by atoms with E-state index >= 15 is 0 Å². The smallest absolute Gasteiger partial charge is 0.185 e. The van der Waals surface area contributed by atoms with Crippen molar-refractivity contribution in [2.45, 2.75) is 18.9 Å². The summed E-state index contributed by atoms with van der Waals surface area (Å²) in [5.41, 5.74) is 1.85. The van der Waals surface area contributed by atoms with Gasteiger partial charge in [0.1, 0.15) is 11.6 Å². The minimum atomic E-state index is -0.225. The molecule has 1 aliphatic heterocycles. The second kappa shape index (κ2) is 7.14. The first kappa shape index (κ1) is 16.0. The predicted molar refractivity (Wildman–Crippen MR) is 98.4 cm³/mol. The lowest BCUT2D eigenvalue weighted by Crippen LogP contribution is -2.39. The van der Waals surface area contributed by atoms with Gasteiger partial charge >= 0.3 is 0 Å². The van der Waals surface area contributed by atoms with Crippen LogP contribution >= 0.6 is 11.3 Å². The second-order valence-corrected chi connectivity index (χ2v) is 6.87. The molecule has 1 aliphatic rings. The molecule has 0 spiro atoms. The minimum absolute atomic E-state index is 0.225. The molecule has 0 radical (unpaired) electrons. The lowest BCUT2D eigenvalue weighted by molar-refractivity contribution is 0.524. The fourth-order valence-electron chi connectivity index (χ4n) is 2.97. The van der Waals surface area contributed by atoms with E-state index in [-0.39, 0.29) is 5.82 Å². The molecule has 4 rings (SSSR count). The molecule has 128 valence electrons. The monoisotopic (exact) mass is 355 g/mol. The van der Waals surface area contributed by atoms with E-state index in [1.54, 1.807) is 29.7 Å². The van der Waals surface area contributed by atoms with E-state index in [0.717, 1.165) is 48.1 Å². The van der Waals surface area contributed by atoms with Gasteiger partial charge in [-0.25, -0.2) is 9.37 Å². The molecule has 1 fully saturated rings. The van der Waals surface area contributed by atoms with Crippen LogP contribution in [0.5, 0.6) is 0 Å². The summed E-state index contributed by atoms with van der Waals surface area (Å²) in [4.78, 5) is 7.03. The summed E-state index contributed by atoms with van der Waals surface area (Å²) >= 11 is 1.64. The molecule has 3 aromatic rings. The number of benzene rings is 1. The van der Waals surface area contributed by atoms with Crippen molar-refractivity contribution in [3.8, 4) is 11.3 Å². The van der Waals surface area contributed by atoms with Crippen molar-refractivity contribution in [3.63, 3.8) is 0 Å². The van der Waals surface area contributed by atoms with Crippen LogP contribution in [0.15, 0.2) is 48.0 Å². The maximum Gasteiger partial charge on any atom is 0.185 e. The Labute approximate surface area is 149 Å². The third-order valence-electron chi connectivity index (χ3n) is 4.32. The molecule has 7 heteroatoms. The summed E-state index contributed by atoms with van der Waals surface area (Å²) in [7, 11) is 0. The molecule has 0 amide bonds. The molecular weight excluding hydrogens is 337 g/mol. The van der Waals surface area contributed by atoms with Gasteiger partial charge in [-0.2, -0.15) is 5.10 Å². The van der Waals surface area contributed by atoms with Crippen LogP contribution in [-0.4, -0.2) is 34.3 Å². The standard InChI is InChI=1S/C18H18FN5S/c19-14-5-3-13(4-6-14)16-12-25-18(22-16)24-10-7-15(8-11-24)21-17-2-1-9-20-23-17/h1-6,9,12,15H,7-8,10-11H2,(H,21,23). The number of hydrogen-bond donors (Lipinski definition) is 1. The van der Waals surface area contributed by atoms with Crippen LogP contribution in [0.3, 0.4) is 0 Å². The van der Waals surface area contributed by atoms with Crippen LogP contribution in [-0.2, 0) is 0 Å². The molecule has 1 N–H and O–H groups in total. The van der Waals surface area contributed by atoms with Crippen LogP contribution in [0.2, 0.25) is 0 Å². The Kier molecular flexibility index (Phi) is 4.56. The normalized spacial score (nSPS) is 15.3. The minimum Gasteiger partial charge on any atom is -0.366 e. The molecule has 0 bridgehead atoms. The zero-order valence-corrected chi connectivity index (χ0v) is 14.4. The molecular formula is C18H18FN5S. The highest BCUT2D eigenvalue weighted by atomic mass is 32.1. The van der Waals surface area contributed by atoms with Gasteiger partial charge in [0.05, 0.1) is 5.69 Å². The van der Waals surface area contributed by atoms with Gasteiger partial charge in [0.2, 0.25) is 0 Å². The molecule has 2 aromatic heterocycles. The number of nitrogens with zero attached hydrogens (tertiary/aromatic N) is 4. The highest BCUT2D eigenvalue weighted by Crippen LogP contribution is 2.29. The largest absolute Gasteiger partial charge is 0.366 e. The number of anilines is 2. The van der Waals surface area contributed by atoms with Gasteiger partial charge in [-0.15, -0.1) is 16.4 Å². The van der Waals surface area contributed by atoms with E-state index in [9.17, 15) is 4.39 Å². The van der Waals surface area contributed by atoms with E-state index in [4.69, 9.17) is 4.98 Å². The predicted octanol–water partition coefficient (Wildman–Crippen LogP) is 3.82. The molecule has 0 aliphatic carbocycles. The van der Waals surface area contributed by atoms with Crippen molar-refractivity contribution >= 4 is 22.3 Å². The Balaban J connectivity index is 1.37. The van der Waals surface area contributed by atoms with Crippen molar-refractivity contribution in [2.24, 2.45) is 0 Å². The Morgan fingerprint density at radius 1 is 1.12 bits per heavy atom. The zero-order valence-electron chi connectivity index (χ0n) is 13.6. The van der Waals surface area contributed by atoms with Gasteiger partial charge in [0.15, 0.2) is 5.13 Å². The summed E-state index contributed by atoms with van der Waals surface area (Å²) in [5.74, 6) is 0.602. The van der Waals surface area contributed by atoms with Crippen molar-refractivity contribution in [3.05, 3.63) is 53.8 Å². The van der Waals surface area contributed by atoms with E-state index in [2.05, 4.69) is 20.4 Å². The number of piperidine rings is 1. The maximum absolute atomic E-state index is 13.1. The molecule has 5 nitrogen and oxygen atoms in total. The quantitative estimate of drug-likeness (QED) is 0.771. The van der Waals surface area contributed by atoms with Gasteiger partial charge in [-0.05, 0) is 49.2 Å². The lowest BCUT2D eigenvalue weighted by Gasteiger charge is -2.32. The molecule has 0 saturated carbocycles. The Hall–Kier alpha value is -2.54. The van der Waals surface area contributed by atoms with Crippen LogP contribution in [0.1, 0.15) is 12.8 Å². The summed E-state index contributed by atoms with van der Waals surface area (Å²) in [6, 6.07) is 10.7. The topological polar surface area (TPSA) is 53.9 Å². The molecule has 3 heterocycles. The maximum atomic E-state index is 13.1. The summed E-state index contributed by atoms with van der Waals surface area (Å²) in [5, 5.41) is 14.5. The molecule has 25 heavy (non-hydrogen) atoms. The second-order valence-electron chi connectivity index (χ2n) is 6.04. The summed E-state index contributed by atoms with van der Waals surface area (Å²) in [6.45, 7) is 1.91. The summed E-state index contributed by atoms with van der Waals surface area (Å²) < 4.78 is 13.1. The molecule has 0 atom stereocenters. The Morgan fingerprint density at radius 3 is 2.64 bits per heavy atom. The number of thiazole rings is 1. The van der Waals surface area contributed by atoms with Crippen molar-refractivity contribution in [1.82, 2.24) is 15.2 Å². The van der Waals surface area contributed by atoms with Crippen LogP contribution in [0.25, 0.3) is 11.3 Å². The van der Waals surface area contributed by atoms with Crippen LogP contribution in [0.4, 0.5) is 15.3 Å². The van der Waals surface area contributed by atoms with Crippen LogP contribution in [0, 0.1) is 5.82 Å². The highest BCUT2D eigenvalue weighted by Gasteiger charge is 2.21. The number of rotatable bonds is 4. The van der Waals surface area contributed by atoms with E-state index in [1.807, 2.05) is 17.5 Å². The van der Waals surface area contributed by atoms with Crippen molar-refractivity contribution < 1.29 is 4.39 Å². The van der Waals surface area contributed by atoms with Crippen LogP contribution < -0.4 is 10.2 Å². The van der Waals surface area contributed by atoms with Gasteiger partial charge in [0.25, 0.3) is 0 Å². The first-order chi connectivity index (χ1) is 12.3. The first-order valence-electron chi connectivity index (χ1n) is 8.28. The first-order valence-corrected chi connectivity index (χ1v) is 9.16. The molecule has 0 unspecified atom stereocenters. The van der Waals surface area contributed by atoms with Gasteiger partial charge in [0, 0.05) is 36.3 Å². The van der Waals surface area contributed by atoms with Gasteiger partial charge in [-0.3, -0.25) is 0 Å². The summed E-state index contributed by atoms with van der Waals surface area (Å²) in [6.07, 6.45) is 3.74. The van der Waals surface area contributed by atoms with E-state index in [0.29, 0.717) is 6.04 Å². The van der Waals surface area contributed by atoms with E-state index in [1.165, 1.54) is 12.1 Å². The van der Waals surface area contributed by atoms with Gasteiger partial charge in [-0.1, -0.05) is 0 Å². The average Bonchev–Trinajstić information content (AvgIpc) is 3.14. The van der Waals surface area contributed by atoms with Crippen molar-refractivity contribution in [1.29, 1.82) is 0 Å². The lowest BCUT2D eigenvalue weighted by atomic mass is 10.1. The average molecular weight is 355 g/mol. The Morgan fingerprint density at radius 2 is 1.92 bits per heavy atom. The number of halogens is 1. The third kappa shape index (κ3) is 3.76. The van der Waals surface area contributed by atoms with Crippen molar-refractivity contribution in [2.75, 3.05) is 23.3 Å².